The first kappa shape index (κ1) is 15.0. The Morgan fingerprint density at radius 3 is 2.60 bits per heavy atom. The molecule has 0 fully saturated rings. The van der Waals surface area contributed by atoms with Gasteiger partial charge in [-0.15, -0.1) is 11.3 Å². The second kappa shape index (κ2) is 7.43. The van der Waals surface area contributed by atoms with E-state index in [2.05, 4.69) is 31.3 Å². The first-order valence-corrected chi connectivity index (χ1v) is 7.62. The summed E-state index contributed by atoms with van der Waals surface area (Å²) >= 11 is 1.78. The highest BCUT2D eigenvalue weighted by molar-refractivity contribution is 7.12. The van der Waals surface area contributed by atoms with Gasteiger partial charge in [0.2, 0.25) is 0 Å². The van der Waals surface area contributed by atoms with Crippen molar-refractivity contribution in [2.24, 2.45) is 0 Å². The highest BCUT2D eigenvalue weighted by Gasteiger charge is 2.10. The molecule has 1 heterocycles. The van der Waals surface area contributed by atoms with E-state index in [-0.39, 0.29) is 6.04 Å². The lowest BCUT2D eigenvalue weighted by Crippen LogP contribution is -2.32. The number of rotatable bonds is 7. The first-order valence-electron chi connectivity index (χ1n) is 6.81. The molecule has 2 unspecified atom stereocenters. The van der Waals surface area contributed by atoms with Crippen LogP contribution in [0, 0.1) is 6.92 Å². The molecule has 3 nitrogen and oxygen atoms in total. The Bertz CT molecular complexity index is 512. The van der Waals surface area contributed by atoms with Gasteiger partial charge in [0.05, 0.1) is 0 Å². The third-order valence-electron chi connectivity index (χ3n) is 3.03. The van der Waals surface area contributed by atoms with Crippen LogP contribution in [0.15, 0.2) is 42.5 Å². The van der Waals surface area contributed by atoms with Crippen molar-refractivity contribution in [2.75, 3.05) is 13.2 Å². The topological polar surface area (TPSA) is 41.5 Å². The molecule has 0 aliphatic carbocycles. The average molecular weight is 291 g/mol. The molecule has 2 rings (SSSR count). The molecule has 0 spiro atoms. The van der Waals surface area contributed by atoms with Gasteiger partial charge < -0.3 is 15.2 Å². The number of benzene rings is 1. The molecule has 0 amide bonds. The number of aliphatic hydroxyl groups is 1. The van der Waals surface area contributed by atoms with Crippen LogP contribution in [-0.2, 0) is 0 Å². The number of hydrogen-bond acceptors (Lipinski definition) is 4. The van der Waals surface area contributed by atoms with Gasteiger partial charge in [-0.25, -0.2) is 0 Å². The van der Waals surface area contributed by atoms with Crippen molar-refractivity contribution in [3.63, 3.8) is 0 Å². The molecule has 4 heteroatoms. The van der Waals surface area contributed by atoms with Crippen LogP contribution in [0.3, 0.4) is 0 Å². The van der Waals surface area contributed by atoms with Crippen LogP contribution < -0.4 is 10.1 Å². The van der Waals surface area contributed by atoms with Crippen LogP contribution in [0.1, 0.15) is 22.7 Å². The standard InChI is InChI=1S/C16H21NO2S/c1-12-8-9-16(20-12)13(2)17-10-14(18)11-19-15-6-4-3-5-7-15/h3-9,13-14,17-18H,10-11H2,1-2H3. The molecule has 20 heavy (non-hydrogen) atoms. The molecular formula is C16H21NO2S. The van der Waals surface area contributed by atoms with Crippen LogP contribution in [0.4, 0.5) is 0 Å². The lowest BCUT2D eigenvalue weighted by atomic mass is 10.2. The van der Waals surface area contributed by atoms with Crippen LogP contribution in [-0.4, -0.2) is 24.4 Å². The number of aryl methyl sites for hydroxylation is 1. The third-order valence-corrected chi connectivity index (χ3v) is 4.22. The van der Waals surface area contributed by atoms with Gasteiger partial charge in [0, 0.05) is 22.3 Å². The van der Waals surface area contributed by atoms with E-state index in [9.17, 15) is 5.11 Å². The van der Waals surface area contributed by atoms with Gasteiger partial charge in [-0.2, -0.15) is 0 Å². The summed E-state index contributed by atoms with van der Waals surface area (Å²) < 4.78 is 5.52. The summed E-state index contributed by atoms with van der Waals surface area (Å²) in [5, 5.41) is 13.3. The lowest BCUT2D eigenvalue weighted by molar-refractivity contribution is 0.104. The molecule has 1 aromatic heterocycles. The maximum absolute atomic E-state index is 9.93. The number of aliphatic hydroxyl groups excluding tert-OH is 1. The highest BCUT2D eigenvalue weighted by atomic mass is 32.1. The minimum absolute atomic E-state index is 0.250. The summed E-state index contributed by atoms with van der Waals surface area (Å²) in [6.45, 7) is 5.03. The molecule has 2 N–H and O–H groups in total. The molecule has 2 aromatic rings. The number of para-hydroxylation sites is 1. The van der Waals surface area contributed by atoms with Crippen molar-refractivity contribution >= 4 is 11.3 Å². The van der Waals surface area contributed by atoms with Gasteiger partial charge in [0.1, 0.15) is 18.5 Å². The molecule has 0 bridgehead atoms. The SMILES string of the molecule is Cc1ccc(C(C)NCC(O)COc2ccccc2)s1. The summed E-state index contributed by atoms with van der Waals surface area (Å²) in [6, 6.07) is 14.0. The van der Waals surface area contributed by atoms with Crippen molar-refractivity contribution in [3.8, 4) is 5.75 Å². The second-order valence-corrected chi connectivity index (χ2v) is 6.18. The predicted octanol–water partition coefficient (Wildman–Crippen LogP) is 3.15. The smallest absolute Gasteiger partial charge is 0.119 e. The van der Waals surface area contributed by atoms with Gasteiger partial charge in [0.25, 0.3) is 0 Å². The van der Waals surface area contributed by atoms with Gasteiger partial charge in [-0.1, -0.05) is 18.2 Å². The maximum atomic E-state index is 9.93. The largest absolute Gasteiger partial charge is 0.491 e. The van der Waals surface area contributed by atoms with Crippen molar-refractivity contribution in [3.05, 3.63) is 52.2 Å². The van der Waals surface area contributed by atoms with E-state index in [0.29, 0.717) is 13.2 Å². The van der Waals surface area contributed by atoms with E-state index in [1.165, 1.54) is 9.75 Å². The van der Waals surface area contributed by atoms with Gasteiger partial charge in [0.15, 0.2) is 0 Å². The number of hydrogen-bond donors (Lipinski definition) is 2. The number of ether oxygens (including phenoxy) is 1. The first-order chi connectivity index (χ1) is 9.65. The average Bonchev–Trinajstić information content (AvgIpc) is 2.90. The van der Waals surface area contributed by atoms with E-state index in [1.807, 2.05) is 30.3 Å². The van der Waals surface area contributed by atoms with Crippen LogP contribution in [0.2, 0.25) is 0 Å². The fourth-order valence-corrected chi connectivity index (χ4v) is 2.77. The Kier molecular flexibility index (Phi) is 5.59. The van der Waals surface area contributed by atoms with E-state index in [0.717, 1.165) is 5.75 Å². The van der Waals surface area contributed by atoms with Crippen LogP contribution >= 0.6 is 11.3 Å². The van der Waals surface area contributed by atoms with Crippen molar-refractivity contribution in [1.29, 1.82) is 0 Å². The summed E-state index contributed by atoms with van der Waals surface area (Å²) in [7, 11) is 0. The Morgan fingerprint density at radius 1 is 1.20 bits per heavy atom. The van der Waals surface area contributed by atoms with Gasteiger partial charge in [-0.05, 0) is 38.1 Å². The zero-order valence-corrected chi connectivity index (χ0v) is 12.7. The number of thiophene rings is 1. The molecule has 2 atom stereocenters. The Hall–Kier alpha value is -1.36. The Labute approximate surface area is 124 Å². The van der Waals surface area contributed by atoms with E-state index >= 15 is 0 Å². The Morgan fingerprint density at radius 2 is 1.95 bits per heavy atom. The van der Waals surface area contributed by atoms with Gasteiger partial charge >= 0.3 is 0 Å². The molecule has 0 saturated carbocycles. The summed E-state index contributed by atoms with van der Waals surface area (Å²) in [4.78, 5) is 2.60. The highest BCUT2D eigenvalue weighted by Crippen LogP contribution is 2.22. The zero-order chi connectivity index (χ0) is 14.4. The summed E-state index contributed by atoms with van der Waals surface area (Å²) in [6.07, 6.45) is -0.515. The fraction of sp³-hybridized carbons (Fsp3) is 0.375. The third kappa shape index (κ3) is 4.63. The minimum Gasteiger partial charge on any atom is -0.491 e. The normalized spacial score (nSPS) is 13.9. The van der Waals surface area contributed by atoms with Gasteiger partial charge in [-0.3, -0.25) is 0 Å². The van der Waals surface area contributed by atoms with Crippen LogP contribution in [0.5, 0.6) is 5.75 Å². The van der Waals surface area contributed by atoms with Crippen molar-refractivity contribution in [1.82, 2.24) is 5.32 Å². The monoisotopic (exact) mass is 291 g/mol. The molecule has 0 saturated heterocycles. The number of nitrogens with one attached hydrogen (secondary N) is 1. The summed E-state index contributed by atoms with van der Waals surface area (Å²) in [5.41, 5.74) is 0. The second-order valence-electron chi connectivity index (χ2n) is 4.86. The molecule has 108 valence electrons. The summed E-state index contributed by atoms with van der Waals surface area (Å²) in [5.74, 6) is 0.786. The predicted molar refractivity (Wildman–Crippen MR) is 83.4 cm³/mol. The van der Waals surface area contributed by atoms with Crippen molar-refractivity contribution < 1.29 is 9.84 Å². The van der Waals surface area contributed by atoms with Crippen LogP contribution in [0.25, 0.3) is 0 Å². The Balaban J connectivity index is 1.71. The quantitative estimate of drug-likeness (QED) is 0.823. The molecule has 0 radical (unpaired) electrons. The fourth-order valence-electron chi connectivity index (χ4n) is 1.87. The van der Waals surface area contributed by atoms with E-state index < -0.39 is 6.10 Å². The molecular weight excluding hydrogens is 270 g/mol. The maximum Gasteiger partial charge on any atom is 0.119 e. The van der Waals surface area contributed by atoms with Crippen molar-refractivity contribution in [2.45, 2.75) is 26.0 Å². The van der Waals surface area contributed by atoms with E-state index in [4.69, 9.17) is 4.74 Å². The molecule has 0 aliphatic rings. The molecule has 1 aromatic carbocycles. The molecule has 0 aliphatic heterocycles. The zero-order valence-electron chi connectivity index (χ0n) is 11.9. The lowest BCUT2D eigenvalue weighted by Gasteiger charge is -2.16. The minimum atomic E-state index is -0.515. The van der Waals surface area contributed by atoms with E-state index in [1.54, 1.807) is 11.3 Å².